The lowest BCUT2D eigenvalue weighted by molar-refractivity contribution is -0.0499. The van der Waals surface area contributed by atoms with E-state index in [4.69, 9.17) is 0 Å². The van der Waals surface area contributed by atoms with Crippen LogP contribution < -0.4 is 4.18 Å². The number of para-hydroxylation sites is 1. The van der Waals surface area contributed by atoms with Gasteiger partial charge in [-0.25, -0.2) is 4.79 Å². The van der Waals surface area contributed by atoms with Crippen LogP contribution in [0.4, 0.5) is 13.2 Å². The topological polar surface area (TPSA) is 69.7 Å². The van der Waals surface area contributed by atoms with Gasteiger partial charge >= 0.3 is 21.6 Å². The summed E-state index contributed by atoms with van der Waals surface area (Å²) in [6, 6.07) is 8.18. The van der Waals surface area contributed by atoms with Gasteiger partial charge in [-0.05, 0) is 24.3 Å². The van der Waals surface area contributed by atoms with Crippen molar-refractivity contribution >= 4 is 27.4 Å². The van der Waals surface area contributed by atoms with Gasteiger partial charge in [0.05, 0.1) is 7.11 Å². The molecule has 10 heteroatoms. The molecule has 0 aliphatic rings. The molecule has 23 heavy (non-hydrogen) atoms. The molecule has 0 fully saturated rings. The Morgan fingerprint density at radius 3 is 2.39 bits per heavy atom. The minimum atomic E-state index is -5.78. The molecule has 0 amide bonds. The Morgan fingerprint density at radius 1 is 1.13 bits per heavy atom. The van der Waals surface area contributed by atoms with Crippen molar-refractivity contribution in [2.24, 2.45) is 0 Å². The zero-order valence-corrected chi connectivity index (χ0v) is 13.1. The first-order valence-corrected chi connectivity index (χ1v) is 8.16. The maximum absolute atomic E-state index is 12.4. The van der Waals surface area contributed by atoms with Gasteiger partial charge in [0.1, 0.15) is 4.88 Å². The monoisotopic (exact) mass is 366 g/mol. The zero-order valence-electron chi connectivity index (χ0n) is 11.5. The van der Waals surface area contributed by atoms with E-state index in [2.05, 4.69) is 8.92 Å². The summed E-state index contributed by atoms with van der Waals surface area (Å²) in [5.41, 5.74) is -5.42. The molecule has 124 valence electrons. The molecule has 0 aliphatic carbocycles. The molecule has 1 aromatic carbocycles. The van der Waals surface area contributed by atoms with Crippen molar-refractivity contribution in [3.05, 3.63) is 41.3 Å². The minimum Gasteiger partial charge on any atom is -0.465 e. The van der Waals surface area contributed by atoms with Crippen LogP contribution in [0.15, 0.2) is 36.4 Å². The summed E-state index contributed by atoms with van der Waals surface area (Å²) in [6.07, 6.45) is 0. The molecule has 2 aromatic rings. The van der Waals surface area contributed by atoms with E-state index in [1.165, 1.54) is 37.4 Å². The first-order chi connectivity index (χ1) is 10.7. The van der Waals surface area contributed by atoms with Crippen molar-refractivity contribution in [3.8, 4) is 16.2 Å². The average molecular weight is 366 g/mol. The molecule has 0 bridgehead atoms. The van der Waals surface area contributed by atoms with Crippen molar-refractivity contribution < 1.29 is 35.3 Å². The van der Waals surface area contributed by atoms with Crippen molar-refractivity contribution in [1.82, 2.24) is 0 Å². The lowest BCUT2D eigenvalue weighted by Gasteiger charge is -2.12. The van der Waals surface area contributed by atoms with Gasteiger partial charge in [-0.15, -0.1) is 11.3 Å². The Kier molecular flexibility index (Phi) is 4.66. The number of esters is 1. The second-order valence-electron chi connectivity index (χ2n) is 4.13. The van der Waals surface area contributed by atoms with E-state index in [1.54, 1.807) is 0 Å². The molecular formula is C13H9F3O5S2. The van der Waals surface area contributed by atoms with E-state index in [0.717, 1.165) is 17.4 Å². The van der Waals surface area contributed by atoms with Crippen LogP contribution in [0.1, 0.15) is 9.67 Å². The standard InChI is InChI=1S/C13H9F3O5S2/c1-20-12(17)11-7-6-10(22-11)8-4-2-3-5-9(8)21-23(18,19)13(14,15)16/h2-7H,1H3. The first-order valence-electron chi connectivity index (χ1n) is 5.94. The number of ether oxygens (including phenoxy) is 1. The van der Waals surface area contributed by atoms with Crippen molar-refractivity contribution in [1.29, 1.82) is 0 Å². The maximum Gasteiger partial charge on any atom is 0.534 e. The summed E-state index contributed by atoms with van der Waals surface area (Å²) in [5.74, 6) is -1.09. The highest BCUT2D eigenvalue weighted by atomic mass is 32.2. The predicted octanol–water partition coefficient (Wildman–Crippen LogP) is 3.43. The number of rotatable bonds is 4. The number of hydrogen-bond acceptors (Lipinski definition) is 6. The smallest absolute Gasteiger partial charge is 0.465 e. The molecule has 0 aliphatic heterocycles. The predicted molar refractivity (Wildman–Crippen MR) is 76.7 cm³/mol. The van der Waals surface area contributed by atoms with Crippen molar-refractivity contribution in [2.75, 3.05) is 7.11 Å². The molecule has 0 saturated heterocycles. The van der Waals surface area contributed by atoms with Gasteiger partial charge in [0.25, 0.3) is 0 Å². The normalized spacial score (nSPS) is 12.0. The Bertz CT molecular complexity index is 824. The number of methoxy groups -OCH3 is 1. The molecule has 0 saturated carbocycles. The van der Waals surface area contributed by atoms with E-state index in [1.807, 2.05) is 0 Å². The molecule has 0 radical (unpaired) electrons. The van der Waals surface area contributed by atoms with Crippen LogP contribution in [0.5, 0.6) is 5.75 Å². The summed E-state index contributed by atoms with van der Waals surface area (Å²) < 4.78 is 68.3. The Balaban J connectivity index is 2.43. The van der Waals surface area contributed by atoms with E-state index < -0.39 is 27.3 Å². The Labute approximate surface area is 133 Å². The molecular weight excluding hydrogens is 357 g/mol. The third-order valence-corrected chi connectivity index (χ3v) is 4.69. The Morgan fingerprint density at radius 2 is 1.78 bits per heavy atom. The summed E-state index contributed by atoms with van der Waals surface area (Å²) in [5, 5.41) is 0. The van der Waals surface area contributed by atoms with Gasteiger partial charge in [-0.3, -0.25) is 0 Å². The number of benzene rings is 1. The molecule has 0 atom stereocenters. The van der Waals surface area contributed by atoms with Crippen LogP contribution in [0.2, 0.25) is 0 Å². The fraction of sp³-hybridized carbons (Fsp3) is 0.154. The number of thiophene rings is 1. The second-order valence-corrected chi connectivity index (χ2v) is 6.76. The molecule has 1 aromatic heterocycles. The van der Waals surface area contributed by atoms with E-state index in [9.17, 15) is 26.4 Å². The second kappa shape index (κ2) is 6.20. The summed E-state index contributed by atoms with van der Waals surface area (Å²) in [6.45, 7) is 0. The van der Waals surface area contributed by atoms with Gasteiger partial charge in [-0.2, -0.15) is 21.6 Å². The van der Waals surface area contributed by atoms with Gasteiger partial charge in [0.15, 0.2) is 5.75 Å². The van der Waals surface area contributed by atoms with Gasteiger partial charge in [0, 0.05) is 10.4 Å². The van der Waals surface area contributed by atoms with E-state index >= 15 is 0 Å². The maximum atomic E-state index is 12.4. The largest absolute Gasteiger partial charge is 0.534 e. The summed E-state index contributed by atoms with van der Waals surface area (Å²) in [7, 11) is -4.59. The number of alkyl halides is 3. The third kappa shape index (κ3) is 3.64. The van der Waals surface area contributed by atoms with Crippen LogP contribution in [0.3, 0.4) is 0 Å². The van der Waals surface area contributed by atoms with Crippen LogP contribution >= 0.6 is 11.3 Å². The van der Waals surface area contributed by atoms with Crippen LogP contribution in [0.25, 0.3) is 10.4 Å². The van der Waals surface area contributed by atoms with Gasteiger partial charge in [0.2, 0.25) is 0 Å². The fourth-order valence-electron chi connectivity index (χ4n) is 1.60. The first kappa shape index (κ1) is 17.3. The van der Waals surface area contributed by atoms with Crippen LogP contribution in [0, 0.1) is 0 Å². The van der Waals surface area contributed by atoms with Crippen molar-refractivity contribution in [2.45, 2.75) is 5.51 Å². The number of carbonyl (C=O) groups excluding carboxylic acids is 1. The molecule has 2 rings (SSSR count). The SMILES string of the molecule is COC(=O)c1ccc(-c2ccccc2OS(=O)(=O)C(F)(F)F)s1. The highest BCUT2D eigenvalue weighted by Crippen LogP contribution is 2.37. The molecule has 1 heterocycles. The quantitative estimate of drug-likeness (QED) is 0.471. The van der Waals surface area contributed by atoms with Crippen molar-refractivity contribution in [3.63, 3.8) is 0 Å². The van der Waals surface area contributed by atoms with Gasteiger partial charge < -0.3 is 8.92 Å². The lowest BCUT2D eigenvalue weighted by Crippen LogP contribution is -2.28. The van der Waals surface area contributed by atoms with Gasteiger partial charge in [-0.1, -0.05) is 12.1 Å². The number of carbonyl (C=O) groups is 1. The Hall–Kier alpha value is -2.07. The molecule has 0 N–H and O–H groups in total. The molecule has 0 spiro atoms. The minimum absolute atomic E-state index is 0.112. The van der Waals surface area contributed by atoms with Crippen LogP contribution in [-0.4, -0.2) is 27.0 Å². The fourth-order valence-corrected chi connectivity index (χ4v) is 3.03. The van der Waals surface area contributed by atoms with Crippen LogP contribution in [-0.2, 0) is 14.9 Å². The highest BCUT2D eigenvalue weighted by molar-refractivity contribution is 7.88. The summed E-state index contributed by atoms with van der Waals surface area (Å²) in [4.78, 5) is 12.0. The third-order valence-electron chi connectivity index (χ3n) is 2.63. The lowest BCUT2D eigenvalue weighted by atomic mass is 10.2. The number of hydrogen-bond donors (Lipinski definition) is 0. The van der Waals surface area contributed by atoms with E-state index in [-0.39, 0.29) is 10.4 Å². The molecule has 0 unspecified atom stereocenters. The van der Waals surface area contributed by atoms with E-state index in [0.29, 0.717) is 4.88 Å². The molecule has 5 nitrogen and oxygen atoms in total. The number of halogens is 3. The average Bonchev–Trinajstić information content (AvgIpc) is 2.95. The summed E-state index contributed by atoms with van der Waals surface area (Å²) >= 11 is 0.936. The zero-order chi connectivity index (χ0) is 17.3. The highest BCUT2D eigenvalue weighted by Gasteiger charge is 2.48.